The van der Waals surface area contributed by atoms with Gasteiger partial charge in [-0.3, -0.25) is 9.79 Å². The zero-order valence-electron chi connectivity index (χ0n) is 21.2. The lowest BCUT2D eigenvalue weighted by atomic mass is 9.97. The number of hydrogen-bond donors (Lipinski definition) is 0. The number of aliphatic imine (C=N–C) groups is 1. The zero-order valence-corrected chi connectivity index (χ0v) is 21.2. The number of Topliss-reactive ketones (excluding diaryl/α,β-unsaturated/α-hetero) is 1. The number of carbonyl (C=O) groups excluding carboxylic acids is 1. The summed E-state index contributed by atoms with van der Waals surface area (Å²) in [5.74, 6) is 1.34. The topological polar surface area (TPSA) is 66.3 Å². The van der Waals surface area contributed by atoms with E-state index in [0.717, 1.165) is 34.8 Å². The van der Waals surface area contributed by atoms with Crippen molar-refractivity contribution in [3.63, 3.8) is 0 Å². The lowest BCUT2D eigenvalue weighted by molar-refractivity contribution is -0.296. The molecule has 186 valence electrons. The van der Waals surface area contributed by atoms with Crippen molar-refractivity contribution in [2.75, 3.05) is 26.9 Å². The van der Waals surface area contributed by atoms with Gasteiger partial charge in [0.15, 0.2) is 0 Å². The largest absolute Gasteiger partial charge is 0.500 e. The Bertz CT molecular complexity index is 865. The highest BCUT2D eigenvalue weighted by Crippen LogP contribution is 2.18. The van der Waals surface area contributed by atoms with Gasteiger partial charge in [0.2, 0.25) is 0 Å². The number of ether oxygens (including phenoxy) is 2. The summed E-state index contributed by atoms with van der Waals surface area (Å²) in [5.41, 5.74) is 2.87. The number of allylic oxidation sites excluding steroid dienone is 6. The molecule has 6 heteroatoms. The SMILES string of the molecule is C=C\C=C/C(/C=N/C(CCOc1ccc(CC(COOCC)C(C)=O)cc1)=C(/C)OC)=C\CC. The average molecular weight is 470 g/mol. The number of rotatable bonds is 17. The first-order valence-corrected chi connectivity index (χ1v) is 11.7. The van der Waals surface area contributed by atoms with Gasteiger partial charge in [-0.1, -0.05) is 49.9 Å². The smallest absolute Gasteiger partial charge is 0.135 e. The molecule has 0 heterocycles. The molecule has 1 aromatic rings. The summed E-state index contributed by atoms with van der Waals surface area (Å²) in [5, 5.41) is 0. The van der Waals surface area contributed by atoms with Crippen LogP contribution in [0.1, 0.15) is 46.1 Å². The van der Waals surface area contributed by atoms with Gasteiger partial charge in [0.05, 0.1) is 32.6 Å². The van der Waals surface area contributed by atoms with Crippen LogP contribution in [0.2, 0.25) is 0 Å². The van der Waals surface area contributed by atoms with E-state index in [0.29, 0.717) is 26.1 Å². The van der Waals surface area contributed by atoms with Crippen LogP contribution in [0.25, 0.3) is 0 Å². The van der Waals surface area contributed by atoms with E-state index in [1.165, 1.54) is 0 Å². The third-order valence-corrected chi connectivity index (χ3v) is 5.00. The second-order valence-corrected chi connectivity index (χ2v) is 7.62. The molecule has 1 rings (SSSR count). The maximum absolute atomic E-state index is 11.9. The van der Waals surface area contributed by atoms with Crippen molar-refractivity contribution in [2.45, 2.75) is 47.0 Å². The highest BCUT2D eigenvalue weighted by Gasteiger charge is 2.16. The Balaban J connectivity index is 2.72. The number of ketones is 1. The van der Waals surface area contributed by atoms with E-state index < -0.39 is 0 Å². The maximum atomic E-state index is 11.9. The Morgan fingerprint density at radius 2 is 1.88 bits per heavy atom. The van der Waals surface area contributed by atoms with Crippen molar-refractivity contribution in [1.29, 1.82) is 0 Å². The normalized spacial score (nSPS) is 13.7. The van der Waals surface area contributed by atoms with Crippen molar-refractivity contribution >= 4 is 12.0 Å². The summed E-state index contributed by atoms with van der Waals surface area (Å²) < 4.78 is 11.3. The van der Waals surface area contributed by atoms with Gasteiger partial charge in [-0.25, -0.2) is 9.78 Å². The van der Waals surface area contributed by atoms with Gasteiger partial charge in [-0.2, -0.15) is 0 Å². The molecule has 1 atom stereocenters. The molecule has 0 amide bonds. The average Bonchev–Trinajstić information content (AvgIpc) is 2.84. The fraction of sp³-hybridized carbons (Fsp3) is 0.429. The minimum atomic E-state index is -0.242. The molecule has 0 aliphatic carbocycles. The Kier molecular flexibility index (Phi) is 15.0. The van der Waals surface area contributed by atoms with E-state index in [1.54, 1.807) is 20.1 Å². The van der Waals surface area contributed by atoms with Gasteiger partial charge in [0, 0.05) is 18.6 Å². The minimum Gasteiger partial charge on any atom is -0.500 e. The molecule has 6 nitrogen and oxygen atoms in total. The molecule has 0 saturated carbocycles. The molecule has 0 aliphatic heterocycles. The van der Waals surface area contributed by atoms with Crippen LogP contribution in [-0.2, 0) is 25.7 Å². The second kappa shape index (κ2) is 17.5. The van der Waals surface area contributed by atoms with Gasteiger partial charge in [0.1, 0.15) is 17.3 Å². The highest BCUT2D eigenvalue weighted by molar-refractivity contribution is 5.83. The predicted octanol–water partition coefficient (Wildman–Crippen LogP) is 6.20. The van der Waals surface area contributed by atoms with Gasteiger partial charge >= 0.3 is 0 Å². The lowest BCUT2D eigenvalue weighted by Crippen LogP contribution is -2.20. The summed E-state index contributed by atoms with van der Waals surface area (Å²) in [7, 11) is 1.64. The molecule has 0 bridgehead atoms. The van der Waals surface area contributed by atoms with Crippen LogP contribution in [0.3, 0.4) is 0 Å². The molecular formula is C28H39NO5. The van der Waals surface area contributed by atoms with Gasteiger partial charge in [-0.15, -0.1) is 0 Å². The summed E-state index contributed by atoms with van der Waals surface area (Å²) in [4.78, 5) is 26.5. The second-order valence-electron chi connectivity index (χ2n) is 7.62. The summed E-state index contributed by atoms with van der Waals surface area (Å²) >= 11 is 0. The van der Waals surface area contributed by atoms with E-state index in [1.807, 2.05) is 56.5 Å². The first kappa shape index (κ1) is 29.1. The van der Waals surface area contributed by atoms with E-state index >= 15 is 0 Å². The highest BCUT2D eigenvalue weighted by atomic mass is 17.2. The summed E-state index contributed by atoms with van der Waals surface area (Å²) in [6.07, 6.45) is 11.6. The fourth-order valence-corrected chi connectivity index (χ4v) is 2.99. The van der Waals surface area contributed by atoms with Crippen molar-refractivity contribution in [1.82, 2.24) is 0 Å². The van der Waals surface area contributed by atoms with Crippen molar-refractivity contribution < 1.29 is 24.0 Å². The maximum Gasteiger partial charge on any atom is 0.135 e. The number of methoxy groups -OCH3 is 1. The molecule has 0 aromatic heterocycles. The molecular weight excluding hydrogens is 430 g/mol. The van der Waals surface area contributed by atoms with Crippen molar-refractivity contribution in [3.8, 4) is 5.75 Å². The lowest BCUT2D eigenvalue weighted by Gasteiger charge is -2.14. The third kappa shape index (κ3) is 11.8. The van der Waals surface area contributed by atoms with Crippen LogP contribution in [0.15, 0.2) is 77.2 Å². The first-order chi connectivity index (χ1) is 16.4. The Morgan fingerprint density at radius 1 is 1.15 bits per heavy atom. The van der Waals surface area contributed by atoms with E-state index in [2.05, 4.69) is 24.6 Å². The van der Waals surface area contributed by atoms with E-state index in [4.69, 9.17) is 19.2 Å². The van der Waals surface area contributed by atoms with Crippen molar-refractivity contribution in [3.05, 3.63) is 77.7 Å². The third-order valence-electron chi connectivity index (χ3n) is 5.00. The van der Waals surface area contributed by atoms with Crippen LogP contribution in [0, 0.1) is 5.92 Å². The molecule has 0 spiro atoms. The number of nitrogens with zero attached hydrogens (tertiary/aromatic N) is 1. The van der Waals surface area contributed by atoms with Crippen molar-refractivity contribution in [2.24, 2.45) is 10.9 Å². The molecule has 0 fully saturated rings. The molecule has 0 radical (unpaired) electrons. The van der Waals surface area contributed by atoms with Gasteiger partial charge in [-0.05, 0) is 56.9 Å². The number of hydrogen-bond acceptors (Lipinski definition) is 6. The van der Waals surface area contributed by atoms with E-state index in [-0.39, 0.29) is 18.3 Å². The molecule has 1 aromatic carbocycles. The molecule has 0 saturated heterocycles. The van der Waals surface area contributed by atoms with E-state index in [9.17, 15) is 4.79 Å². The predicted molar refractivity (Wildman–Crippen MR) is 138 cm³/mol. The zero-order chi connectivity index (χ0) is 25.2. The number of benzene rings is 1. The molecule has 34 heavy (non-hydrogen) atoms. The number of carbonyl (C=O) groups is 1. The molecule has 0 aliphatic rings. The van der Waals surface area contributed by atoms with Crippen LogP contribution < -0.4 is 4.74 Å². The first-order valence-electron chi connectivity index (χ1n) is 11.7. The van der Waals surface area contributed by atoms with Gasteiger partial charge < -0.3 is 9.47 Å². The minimum absolute atomic E-state index is 0.0744. The quantitative estimate of drug-likeness (QED) is 0.0679. The Morgan fingerprint density at radius 3 is 2.47 bits per heavy atom. The summed E-state index contributed by atoms with van der Waals surface area (Å²) in [6.45, 7) is 12.3. The Hall–Kier alpha value is -2.96. The molecule has 0 N–H and O–H groups in total. The fourth-order valence-electron chi connectivity index (χ4n) is 2.99. The van der Waals surface area contributed by atoms with Crippen LogP contribution in [0.5, 0.6) is 5.75 Å². The molecule has 1 unspecified atom stereocenters. The Labute approximate surface area is 204 Å². The summed E-state index contributed by atoms with van der Waals surface area (Å²) in [6, 6.07) is 7.76. The standard InChI is InChI=1S/C28H39NO5/c1-7-10-12-25(11-8-2)20-29-28(23(5)31-6)17-18-32-27-15-13-24(14-16-27)19-26(22(4)30)21-34-33-9-3/h7,10-16,20,26H,1,8-9,17-19,21H2,2-6H3/b12-10-,25-11+,28-23-,29-20+. The van der Waals surface area contributed by atoms with Crippen LogP contribution in [-0.4, -0.2) is 38.9 Å². The monoisotopic (exact) mass is 469 g/mol. The van der Waals surface area contributed by atoms with Crippen LogP contribution >= 0.6 is 0 Å². The van der Waals surface area contributed by atoms with Gasteiger partial charge in [0.25, 0.3) is 0 Å². The van der Waals surface area contributed by atoms with Crippen LogP contribution in [0.4, 0.5) is 0 Å².